The number of carbonyl (C=O) groups is 2. The zero-order valence-electron chi connectivity index (χ0n) is 11.0. The highest BCUT2D eigenvalue weighted by Crippen LogP contribution is 2.20. The highest BCUT2D eigenvalue weighted by molar-refractivity contribution is 5.76. The average Bonchev–Trinajstić information content (AvgIpc) is 2.91. The van der Waals surface area contributed by atoms with Gasteiger partial charge in [-0.25, -0.2) is 4.79 Å². The van der Waals surface area contributed by atoms with Crippen LogP contribution in [0.4, 0.5) is 4.79 Å². The molecule has 1 heterocycles. The van der Waals surface area contributed by atoms with E-state index in [1.807, 2.05) is 4.90 Å². The van der Waals surface area contributed by atoms with Crippen LogP contribution in [0, 0.1) is 5.92 Å². The van der Waals surface area contributed by atoms with E-state index < -0.39 is 0 Å². The van der Waals surface area contributed by atoms with Crippen molar-refractivity contribution in [2.75, 3.05) is 20.2 Å². The number of methoxy groups -OCH3 is 1. The SMILES string of the molecule is COC(=O)C1CCN(C(=O)NC2CCCC2)CC1. The normalized spacial score (nSPS) is 21.9. The summed E-state index contributed by atoms with van der Waals surface area (Å²) in [5, 5.41) is 3.08. The Morgan fingerprint density at radius 2 is 1.72 bits per heavy atom. The fraction of sp³-hybridized carbons (Fsp3) is 0.846. The number of hydrogen-bond acceptors (Lipinski definition) is 3. The lowest BCUT2D eigenvalue weighted by Gasteiger charge is -2.31. The molecule has 1 N–H and O–H groups in total. The van der Waals surface area contributed by atoms with E-state index in [0.29, 0.717) is 32.0 Å². The second kappa shape index (κ2) is 6.07. The molecule has 0 aromatic carbocycles. The molecule has 2 amide bonds. The molecule has 0 radical (unpaired) electrons. The largest absolute Gasteiger partial charge is 0.469 e. The summed E-state index contributed by atoms with van der Waals surface area (Å²) < 4.78 is 4.74. The summed E-state index contributed by atoms with van der Waals surface area (Å²) in [6.07, 6.45) is 6.06. The van der Waals surface area contributed by atoms with Crippen LogP contribution in [0.2, 0.25) is 0 Å². The molecule has 1 aliphatic heterocycles. The van der Waals surface area contributed by atoms with Crippen LogP contribution in [-0.2, 0) is 9.53 Å². The predicted octanol–water partition coefficient (Wildman–Crippen LogP) is 1.52. The zero-order valence-corrected chi connectivity index (χ0v) is 11.0. The number of rotatable bonds is 2. The Morgan fingerprint density at radius 3 is 2.28 bits per heavy atom. The number of hydrogen-bond donors (Lipinski definition) is 1. The van der Waals surface area contributed by atoms with Crippen molar-refractivity contribution in [2.45, 2.75) is 44.6 Å². The van der Waals surface area contributed by atoms with Gasteiger partial charge in [0.2, 0.25) is 0 Å². The molecule has 1 aliphatic carbocycles. The van der Waals surface area contributed by atoms with Crippen molar-refractivity contribution < 1.29 is 14.3 Å². The van der Waals surface area contributed by atoms with E-state index in [1.54, 1.807) is 0 Å². The van der Waals surface area contributed by atoms with Gasteiger partial charge in [0.25, 0.3) is 0 Å². The smallest absolute Gasteiger partial charge is 0.317 e. The van der Waals surface area contributed by atoms with Crippen molar-refractivity contribution >= 4 is 12.0 Å². The minimum atomic E-state index is -0.147. The number of nitrogens with zero attached hydrogens (tertiary/aromatic N) is 1. The second-order valence-corrected chi connectivity index (χ2v) is 5.22. The highest BCUT2D eigenvalue weighted by Gasteiger charge is 2.29. The Morgan fingerprint density at radius 1 is 1.11 bits per heavy atom. The van der Waals surface area contributed by atoms with Crippen molar-refractivity contribution in [1.82, 2.24) is 10.2 Å². The molecule has 2 fully saturated rings. The van der Waals surface area contributed by atoms with Crippen molar-refractivity contribution in [3.8, 4) is 0 Å². The van der Waals surface area contributed by atoms with Gasteiger partial charge in [0.15, 0.2) is 0 Å². The van der Waals surface area contributed by atoms with Crippen molar-refractivity contribution in [1.29, 1.82) is 0 Å². The van der Waals surface area contributed by atoms with Gasteiger partial charge < -0.3 is 15.0 Å². The Labute approximate surface area is 108 Å². The van der Waals surface area contributed by atoms with Gasteiger partial charge in [-0.05, 0) is 25.7 Å². The molecule has 1 saturated carbocycles. The molecule has 5 heteroatoms. The topological polar surface area (TPSA) is 58.6 Å². The van der Waals surface area contributed by atoms with Crippen molar-refractivity contribution in [3.05, 3.63) is 0 Å². The molecule has 1 saturated heterocycles. The van der Waals surface area contributed by atoms with Gasteiger partial charge in [-0.3, -0.25) is 4.79 Å². The Kier molecular flexibility index (Phi) is 4.44. The van der Waals surface area contributed by atoms with E-state index in [2.05, 4.69) is 5.32 Å². The summed E-state index contributed by atoms with van der Waals surface area (Å²) in [6.45, 7) is 1.30. The number of piperidine rings is 1. The lowest BCUT2D eigenvalue weighted by atomic mass is 9.97. The van der Waals surface area contributed by atoms with E-state index in [9.17, 15) is 9.59 Å². The zero-order chi connectivity index (χ0) is 13.0. The summed E-state index contributed by atoms with van der Waals surface area (Å²) in [7, 11) is 1.42. The fourth-order valence-corrected chi connectivity index (χ4v) is 2.82. The molecule has 18 heavy (non-hydrogen) atoms. The maximum Gasteiger partial charge on any atom is 0.317 e. The molecular formula is C13H22N2O3. The molecule has 0 bridgehead atoms. The predicted molar refractivity (Wildman–Crippen MR) is 67.1 cm³/mol. The van der Waals surface area contributed by atoms with Crippen molar-refractivity contribution in [2.24, 2.45) is 5.92 Å². The van der Waals surface area contributed by atoms with Crippen LogP contribution in [0.15, 0.2) is 0 Å². The van der Waals surface area contributed by atoms with Crippen LogP contribution in [0.1, 0.15) is 38.5 Å². The number of nitrogens with one attached hydrogen (secondary N) is 1. The van der Waals surface area contributed by atoms with E-state index in [1.165, 1.54) is 20.0 Å². The third kappa shape index (κ3) is 3.15. The lowest BCUT2D eigenvalue weighted by Crippen LogP contribution is -2.48. The number of esters is 1. The van der Waals surface area contributed by atoms with Gasteiger partial charge >= 0.3 is 12.0 Å². The van der Waals surface area contributed by atoms with Gasteiger partial charge in [-0.1, -0.05) is 12.8 Å². The molecule has 2 aliphatic rings. The third-order valence-electron chi connectivity index (χ3n) is 4.00. The van der Waals surface area contributed by atoms with Gasteiger partial charge in [0, 0.05) is 19.1 Å². The first kappa shape index (κ1) is 13.2. The quantitative estimate of drug-likeness (QED) is 0.760. The molecule has 0 aromatic rings. The summed E-state index contributed by atoms with van der Waals surface area (Å²) >= 11 is 0. The monoisotopic (exact) mass is 254 g/mol. The van der Waals surface area contributed by atoms with E-state index >= 15 is 0 Å². The molecule has 2 rings (SSSR count). The van der Waals surface area contributed by atoms with Crippen LogP contribution in [0.3, 0.4) is 0 Å². The summed E-state index contributed by atoms with van der Waals surface area (Å²) in [5.41, 5.74) is 0. The van der Waals surface area contributed by atoms with E-state index in [4.69, 9.17) is 4.74 Å². The first-order chi connectivity index (χ1) is 8.70. The molecule has 102 valence electrons. The van der Waals surface area contributed by atoms with Crippen LogP contribution in [0.5, 0.6) is 0 Å². The molecule has 0 atom stereocenters. The Hall–Kier alpha value is -1.26. The Bertz CT molecular complexity index is 305. The van der Waals surface area contributed by atoms with Crippen LogP contribution in [-0.4, -0.2) is 43.1 Å². The summed E-state index contributed by atoms with van der Waals surface area (Å²) in [4.78, 5) is 25.2. The van der Waals surface area contributed by atoms with Crippen molar-refractivity contribution in [3.63, 3.8) is 0 Å². The van der Waals surface area contributed by atoms with Crippen LogP contribution < -0.4 is 5.32 Å². The minimum absolute atomic E-state index is 0.0326. The number of urea groups is 1. The van der Waals surface area contributed by atoms with Gasteiger partial charge in [0.1, 0.15) is 0 Å². The molecule has 0 unspecified atom stereocenters. The average molecular weight is 254 g/mol. The first-order valence-electron chi connectivity index (χ1n) is 6.84. The fourth-order valence-electron chi connectivity index (χ4n) is 2.82. The highest BCUT2D eigenvalue weighted by atomic mass is 16.5. The van der Waals surface area contributed by atoms with E-state index in [0.717, 1.165) is 12.8 Å². The molecule has 0 spiro atoms. The Balaban J connectivity index is 1.74. The summed E-state index contributed by atoms with van der Waals surface area (Å²) in [5.74, 6) is -0.184. The molecular weight excluding hydrogens is 232 g/mol. The third-order valence-corrected chi connectivity index (χ3v) is 4.00. The second-order valence-electron chi connectivity index (χ2n) is 5.22. The standard InChI is InChI=1S/C13H22N2O3/c1-18-12(16)10-6-8-15(9-7-10)13(17)14-11-4-2-3-5-11/h10-11H,2-9H2,1H3,(H,14,17). The lowest BCUT2D eigenvalue weighted by molar-refractivity contribution is -0.146. The maximum absolute atomic E-state index is 12.0. The number of amides is 2. The van der Waals surface area contributed by atoms with Crippen LogP contribution in [0.25, 0.3) is 0 Å². The van der Waals surface area contributed by atoms with Crippen LogP contribution >= 0.6 is 0 Å². The first-order valence-corrected chi connectivity index (χ1v) is 6.84. The minimum Gasteiger partial charge on any atom is -0.469 e. The van der Waals surface area contributed by atoms with E-state index in [-0.39, 0.29) is 17.9 Å². The molecule has 0 aromatic heterocycles. The number of likely N-dealkylation sites (tertiary alicyclic amines) is 1. The molecule has 5 nitrogen and oxygen atoms in total. The van der Waals surface area contributed by atoms with Gasteiger partial charge in [-0.15, -0.1) is 0 Å². The number of ether oxygens (including phenoxy) is 1. The van der Waals surface area contributed by atoms with Gasteiger partial charge in [0.05, 0.1) is 13.0 Å². The number of carbonyl (C=O) groups excluding carboxylic acids is 2. The van der Waals surface area contributed by atoms with Gasteiger partial charge in [-0.2, -0.15) is 0 Å². The summed E-state index contributed by atoms with van der Waals surface area (Å²) in [6, 6.07) is 0.390. The maximum atomic E-state index is 12.0.